The van der Waals surface area contributed by atoms with E-state index in [0.29, 0.717) is 29.6 Å². The van der Waals surface area contributed by atoms with Gasteiger partial charge in [0.25, 0.3) is 5.91 Å². The highest BCUT2D eigenvalue weighted by molar-refractivity contribution is 7.99. The fraction of sp³-hybridized carbons (Fsp3) is 0.200. The number of amides is 1. The topological polar surface area (TPSA) is 84.2 Å². The largest absolute Gasteiger partial charge is 0.378 e. The number of benzene rings is 2. The van der Waals surface area contributed by atoms with Crippen molar-refractivity contribution >= 4 is 29.6 Å². The van der Waals surface area contributed by atoms with Gasteiger partial charge in [-0.15, -0.1) is 10.2 Å². The van der Waals surface area contributed by atoms with E-state index in [2.05, 4.69) is 26.0 Å². The molecule has 0 aliphatic carbocycles. The zero-order valence-corrected chi connectivity index (χ0v) is 17.0. The molecule has 0 saturated carbocycles. The normalized spacial score (nSPS) is 11.0. The maximum Gasteiger partial charge on any atom is 0.250 e. The average molecular weight is 430 g/mol. The summed E-state index contributed by atoms with van der Waals surface area (Å²) in [6.45, 7) is 3.02. The lowest BCUT2D eigenvalue weighted by molar-refractivity contribution is -0.118. The lowest BCUT2D eigenvalue weighted by atomic mass is 10.2. The number of carbonyl (C=O) groups is 1. The lowest BCUT2D eigenvalue weighted by Gasteiger charge is -2.09. The predicted octanol–water partition coefficient (Wildman–Crippen LogP) is 3.43. The summed E-state index contributed by atoms with van der Waals surface area (Å²) in [4.78, 5) is 12.0. The molecule has 156 valence electrons. The van der Waals surface area contributed by atoms with E-state index in [1.807, 2.05) is 11.5 Å². The van der Waals surface area contributed by atoms with Crippen molar-refractivity contribution in [1.82, 2.24) is 20.2 Å². The molecular weight excluding hydrogens is 410 g/mol. The quantitative estimate of drug-likeness (QED) is 0.309. The second kappa shape index (κ2) is 10.5. The first-order valence-electron chi connectivity index (χ1n) is 9.17. The first kappa shape index (κ1) is 21.4. The van der Waals surface area contributed by atoms with Crippen molar-refractivity contribution in [1.29, 1.82) is 0 Å². The van der Waals surface area contributed by atoms with Crippen LogP contribution < -0.4 is 10.7 Å². The standard InChI is InChI=1S/C20H20F2N6OS/c1-2-28-18(12-23-17-9-7-16(22)8-10-17)25-27-20(28)30-13-19(29)26-24-11-14-3-5-15(21)6-4-14/h3-11,23H,2,12-13H2,1H3,(H,26,29)/b24-11+. The molecule has 3 aromatic rings. The average Bonchev–Trinajstić information content (AvgIpc) is 3.15. The molecule has 2 aromatic carbocycles. The Labute approximate surface area is 176 Å². The van der Waals surface area contributed by atoms with Crippen molar-refractivity contribution in [3.63, 3.8) is 0 Å². The summed E-state index contributed by atoms with van der Waals surface area (Å²) in [6.07, 6.45) is 1.44. The number of hydrazone groups is 1. The highest BCUT2D eigenvalue weighted by Gasteiger charge is 2.13. The maximum absolute atomic E-state index is 13.0. The summed E-state index contributed by atoms with van der Waals surface area (Å²) in [7, 11) is 0. The highest BCUT2D eigenvalue weighted by atomic mass is 32.2. The number of anilines is 1. The third-order valence-electron chi connectivity index (χ3n) is 4.01. The van der Waals surface area contributed by atoms with Crippen LogP contribution in [0.2, 0.25) is 0 Å². The molecule has 0 atom stereocenters. The summed E-state index contributed by atoms with van der Waals surface area (Å²) in [5.41, 5.74) is 3.87. The summed E-state index contributed by atoms with van der Waals surface area (Å²) in [5.74, 6) is -0.102. The monoisotopic (exact) mass is 430 g/mol. The Bertz CT molecular complexity index is 1010. The number of rotatable bonds is 9. The molecule has 0 saturated heterocycles. The van der Waals surface area contributed by atoms with Gasteiger partial charge < -0.3 is 9.88 Å². The van der Waals surface area contributed by atoms with E-state index >= 15 is 0 Å². The number of aromatic nitrogens is 3. The molecule has 0 bridgehead atoms. The van der Waals surface area contributed by atoms with E-state index in [1.165, 1.54) is 42.2 Å². The van der Waals surface area contributed by atoms with Crippen LogP contribution in [0.4, 0.5) is 14.5 Å². The Kier molecular flexibility index (Phi) is 7.50. The molecule has 1 aromatic heterocycles. The van der Waals surface area contributed by atoms with Gasteiger partial charge in [-0.2, -0.15) is 5.10 Å². The molecule has 0 aliphatic rings. The van der Waals surface area contributed by atoms with E-state index in [9.17, 15) is 13.6 Å². The van der Waals surface area contributed by atoms with Crippen LogP contribution in [0.15, 0.2) is 58.8 Å². The molecule has 3 rings (SSSR count). The van der Waals surface area contributed by atoms with Crippen molar-refractivity contribution in [3.8, 4) is 0 Å². The van der Waals surface area contributed by atoms with Crippen LogP contribution in [-0.4, -0.2) is 32.6 Å². The van der Waals surface area contributed by atoms with Crippen molar-refractivity contribution < 1.29 is 13.6 Å². The summed E-state index contributed by atoms with van der Waals surface area (Å²) in [5, 5.41) is 16.0. The van der Waals surface area contributed by atoms with Gasteiger partial charge in [0, 0.05) is 12.2 Å². The zero-order valence-electron chi connectivity index (χ0n) is 16.2. The minimum absolute atomic E-state index is 0.115. The molecule has 0 fully saturated rings. The predicted molar refractivity (Wildman–Crippen MR) is 112 cm³/mol. The number of nitrogens with zero attached hydrogens (tertiary/aromatic N) is 4. The van der Waals surface area contributed by atoms with Crippen molar-refractivity contribution in [2.75, 3.05) is 11.1 Å². The van der Waals surface area contributed by atoms with Gasteiger partial charge in [0.15, 0.2) is 11.0 Å². The third kappa shape index (κ3) is 6.11. The van der Waals surface area contributed by atoms with E-state index in [1.54, 1.807) is 24.3 Å². The molecular formula is C20H20F2N6OS. The lowest BCUT2D eigenvalue weighted by Crippen LogP contribution is -2.20. The molecule has 7 nitrogen and oxygen atoms in total. The van der Waals surface area contributed by atoms with Gasteiger partial charge in [-0.25, -0.2) is 14.2 Å². The molecule has 0 radical (unpaired) electrons. The van der Waals surface area contributed by atoms with Crippen LogP contribution in [0.1, 0.15) is 18.3 Å². The SMILES string of the molecule is CCn1c(CNc2ccc(F)cc2)nnc1SCC(=O)N/N=C/c1ccc(F)cc1. The first-order chi connectivity index (χ1) is 14.5. The van der Waals surface area contributed by atoms with Gasteiger partial charge in [-0.05, 0) is 48.9 Å². The van der Waals surface area contributed by atoms with Crippen LogP contribution >= 0.6 is 11.8 Å². The molecule has 1 amide bonds. The Morgan fingerprint density at radius 3 is 2.43 bits per heavy atom. The number of halogens is 2. The van der Waals surface area contributed by atoms with E-state index in [-0.39, 0.29) is 23.3 Å². The van der Waals surface area contributed by atoms with Crippen LogP contribution in [0.3, 0.4) is 0 Å². The molecule has 1 heterocycles. The van der Waals surface area contributed by atoms with Crippen LogP contribution in [0.5, 0.6) is 0 Å². The Balaban J connectivity index is 1.50. The van der Waals surface area contributed by atoms with E-state index in [4.69, 9.17) is 0 Å². The zero-order chi connectivity index (χ0) is 21.3. The molecule has 0 unspecified atom stereocenters. The fourth-order valence-electron chi connectivity index (χ4n) is 2.51. The van der Waals surface area contributed by atoms with E-state index in [0.717, 1.165) is 5.69 Å². The summed E-state index contributed by atoms with van der Waals surface area (Å²) >= 11 is 1.25. The molecule has 0 aliphatic heterocycles. The summed E-state index contributed by atoms with van der Waals surface area (Å²) < 4.78 is 27.8. The van der Waals surface area contributed by atoms with Gasteiger partial charge in [-0.3, -0.25) is 4.79 Å². The Morgan fingerprint density at radius 2 is 1.77 bits per heavy atom. The van der Waals surface area contributed by atoms with Crippen LogP contribution in [0, 0.1) is 11.6 Å². The smallest absolute Gasteiger partial charge is 0.250 e. The van der Waals surface area contributed by atoms with Gasteiger partial charge >= 0.3 is 0 Å². The molecule has 2 N–H and O–H groups in total. The van der Waals surface area contributed by atoms with Crippen molar-refractivity contribution in [2.45, 2.75) is 25.2 Å². The fourth-order valence-corrected chi connectivity index (χ4v) is 3.33. The van der Waals surface area contributed by atoms with Crippen LogP contribution in [-0.2, 0) is 17.9 Å². The second-order valence-electron chi connectivity index (χ2n) is 6.14. The number of hydrogen-bond acceptors (Lipinski definition) is 6. The van der Waals surface area contributed by atoms with Gasteiger partial charge in [0.1, 0.15) is 11.6 Å². The van der Waals surface area contributed by atoms with Gasteiger partial charge in [-0.1, -0.05) is 23.9 Å². The molecule has 0 spiro atoms. The highest BCUT2D eigenvalue weighted by Crippen LogP contribution is 2.18. The Morgan fingerprint density at radius 1 is 1.10 bits per heavy atom. The first-order valence-corrected chi connectivity index (χ1v) is 10.2. The van der Waals surface area contributed by atoms with Gasteiger partial charge in [0.05, 0.1) is 18.5 Å². The molecule has 30 heavy (non-hydrogen) atoms. The van der Waals surface area contributed by atoms with Crippen molar-refractivity contribution in [3.05, 3.63) is 71.6 Å². The summed E-state index contributed by atoms with van der Waals surface area (Å²) in [6, 6.07) is 11.8. The number of thioether (sulfide) groups is 1. The van der Waals surface area contributed by atoms with Gasteiger partial charge in [0.2, 0.25) is 0 Å². The number of carbonyl (C=O) groups excluding carboxylic acids is 1. The van der Waals surface area contributed by atoms with E-state index < -0.39 is 0 Å². The van der Waals surface area contributed by atoms with Crippen LogP contribution in [0.25, 0.3) is 0 Å². The van der Waals surface area contributed by atoms with Crippen molar-refractivity contribution in [2.24, 2.45) is 5.10 Å². The molecule has 10 heteroatoms. The minimum Gasteiger partial charge on any atom is -0.378 e. The Hall–Kier alpha value is -3.27. The number of hydrogen-bond donors (Lipinski definition) is 2. The number of nitrogens with one attached hydrogen (secondary N) is 2. The second-order valence-corrected chi connectivity index (χ2v) is 7.08. The maximum atomic E-state index is 13.0. The minimum atomic E-state index is -0.333. The third-order valence-corrected chi connectivity index (χ3v) is 4.98.